The minimum absolute atomic E-state index is 0.00126. The van der Waals surface area contributed by atoms with Crippen LogP contribution in [0.1, 0.15) is 49.3 Å². The number of aliphatic hydroxyl groups excluding tert-OH is 1. The van der Waals surface area contributed by atoms with Crippen LogP contribution in [0.15, 0.2) is 163 Å². The van der Waals surface area contributed by atoms with Gasteiger partial charge in [-0.05, 0) is 32.1 Å². The van der Waals surface area contributed by atoms with Crippen LogP contribution < -0.4 is 21.8 Å². The van der Waals surface area contributed by atoms with Gasteiger partial charge in [-0.1, -0.05) is 184 Å². The molecular weight excluding hydrogens is 713 g/mol. The molecule has 0 radical (unpaired) electrons. The van der Waals surface area contributed by atoms with Gasteiger partial charge in [0, 0.05) is 19.3 Å². The molecule has 2 atom stereocenters. The molecule has 8 nitrogen and oxygen atoms in total. The van der Waals surface area contributed by atoms with E-state index in [1.165, 1.54) is 14.9 Å². The molecule has 0 bridgehead atoms. The molecule has 1 aromatic heterocycles. The van der Waals surface area contributed by atoms with E-state index in [2.05, 4.69) is 164 Å². The van der Waals surface area contributed by atoms with Crippen molar-refractivity contribution in [1.29, 1.82) is 0 Å². The van der Waals surface area contributed by atoms with E-state index < -0.39 is 31.9 Å². The van der Waals surface area contributed by atoms with E-state index >= 15 is 0 Å². The summed E-state index contributed by atoms with van der Waals surface area (Å²) in [4.78, 5) is 20.4. The summed E-state index contributed by atoms with van der Waals surface area (Å²) in [5.74, 6) is 5.51. The summed E-state index contributed by atoms with van der Waals surface area (Å²) in [6.45, 7) is 7.46. The molecule has 0 amide bonds. The largest absolute Gasteiger partial charge is 0.405 e. The number of nitrogens with zero attached hydrogens (tertiary/aromatic N) is 3. The second kappa shape index (κ2) is 16.6. The smallest absolute Gasteiger partial charge is 0.351 e. The van der Waals surface area contributed by atoms with Crippen molar-refractivity contribution in [3.63, 3.8) is 0 Å². The maximum Gasteiger partial charge on any atom is 0.351 e. The Morgan fingerprint density at radius 3 is 1.68 bits per heavy atom. The lowest BCUT2D eigenvalue weighted by Gasteiger charge is -2.51. The molecule has 1 aliphatic heterocycles. The second-order valence-electron chi connectivity index (χ2n) is 15.1. The van der Waals surface area contributed by atoms with Crippen molar-refractivity contribution in [2.24, 2.45) is 0 Å². The molecule has 3 N–H and O–H groups in total. The Hall–Kier alpha value is -5.60. The summed E-state index contributed by atoms with van der Waals surface area (Å²) < 4.78 is 16.0. The van der Waals surface area contributed by atoms with E-state index in [0.717, 1.165) is 16.7 Å². The topological polar surface area (TPSA) is 103 Å². The van der Waals surface area contributed by atoms with Gasteiger partial charge < -0.3 is 20.0 Å². The molecule has 9 heteroatoms. The fourth-order valence-electron chi connectivity index (χ4n) is 8.32. The lowest BCUT2D eigenvalue weighted by Crippen LogP contribution is -2.67. The van der Waals surface area contributed by atoms with Crippen LogP contribution in [0.5, 0.6) is 0 Å². The second-order valence-corrected chi connectivity index (χ2v) is 19.4. The van der Waals surface area contributed by atoms with Gasteiger partial charge in [-0.25, -0.2) is 4.79 Å². The summed E-state index contributed by atoms with van der Waals surface area (Å²) in [6, 6.07) is 52.6. The predicted molar refractivity (Wildman–Crippen MR) is 225 cm³/mol. The Kier molecular flexibility index (Phi) is 11.5. The number of nitrogens with two attached hydrogens (primary N) is 1. The van der Waals surface area contributed by atoms with Crippen LogP contribution in [0, 0.1) is 11.8 Å². The van der Waals surface area contributed by atoms with Gasteiger partial charge in [0.15, 0.2) is 6.23 Å². The number of nitrogen functional groups attached to an aromatic ring is 1. The molecular formula is C47H48N4O4Si. The van der Waals surface area contributed by atoms with Gasteiger partial charge in [0.2, 0.25) is 0 Å². The van der Waals surface area contributed by atoms with E-state index in [0.29, 0.717) is 18.7 Å². The maximum atomic E-state index is 13.8. The number of benzene rings is 5. The number of ether oxygens (including phenoxy) is 1. The van der Waals surface area contributed by atoms with E-state index in [-0.39, 0.29) is 24.1 Å². The van der Waals surface area contributed by atoms with E-state index in [1.54, 1.807) is 6.20 Å². The number of aromatic nitrogens is 2. The lowest BCUT2D eigenvalue weighted by molar-refractivity contribution is -0.149. The average molecular weight is 761 g/mol. The number of morpholine rings is 1. The first-order valence-electron chi connectivity index (χ1n) is 19.0. The van der Waals surface area contributed by atoms with E-state index in [4.69, 9.17) is 14.9 Å². The van der Waals surface area contributed by atoms with Crippen LogP contribution in [0.25, 0.3) is 0 Å². The van der Waals surface area contributed by atoms with Crippen LogP contribution in [0.2, 0.25) is 5.04 Å². The predicted octanol–water partition coefficient (Wildman–Crippen LogP) is 5.94. The summed E-state index contributed by atoms with van der Waals surface area (Å²) in [5, 5.41) is 11.6. The van der Waals surface area contributed by atoms with Gasteiger partial charge in [0.05, 0.1) is 23.8 Å². The number of anilines is 1. The molecule has 56 heavy (non-hydrogen) atoms. The molecule has 0 aliphatic carbocycles. The molecule has 7 rings (SSSR count). The summed E-state index contributed by atoms with van der Waals surface area (Å²) in [5.41, 5.74) is 8.38. The number of hydrogen-bond acceptors (Lipinski definition) is 7. The fourth-order valence-corrected chi connectivity index (χ4v) is 12.9. The number of aliphatic hydroxyl groups is 1. The molecule has 1 fully saturated rings. The Morgan fingerprint density at radius 2 is 1.23 bits per heavy atom. The normalized spacial score (nSPS) is 16.5. The number of rotatable bonds is 10. The van der Waals surface area contributed by atoms with Crippen LogP contribution in [-0.2, 0) is 14.7 Å². The SMILES string of the molecule is CC(C)(C)[Si](OC[C@@H]1CN(C(c2ccccc2)(c2ccccc2)c2ccccc2)C[C@H](n2cc(C#CCO)c(N)nc2=O)O1)(c1ccccc1)c1ccccc1. The van der Waals surface area contributed by atoms with Gasteiger partial charge in [-0.15, -0.1) is 0 Å². The number of hydrogen-bond donors (Lipinski definition) is 2. The minimum Gasteiger partial charge on any atom is -0.405 e. The minimum atomic E-state index is -2.97. The Balaban J connectivity index is 1.42. The Morgan fingerprint density at radius 1 is 0.768 bits per heavy atom. The van der Waals surface area contributed by atoms with Crippen molar-refractivity contribution >= 4 is 24.5 Å². The highest BCUT2D eigenvalue weighted by atomic mass is 28.4. The molecule has 2 heterocycles. The quantitative estimate of drug-likeness (QED) is 0.101. The first-order chi connectivity index (χ1) is 27.2. The van der Waals surface area contributed by atoms with Gasteiger partial charge >= 0.3 is 5.69 Å². The van der Waals surface area contributed by atoms with Gasteiger partial charge in [0.25, 0.3) is 8.32 Å². The lowest BCUT2D eigenvalue weighted by atomic mass is 9.75. The monoisotopic (exact) mass is 760 g/mol. The Labute approximate surface area is 330 Å². The zero-order valence-electron chi connectivity index (χ0n) is 32.1. The molecule has 6 aromatic rings. The zero-order chi connectivity index (χ0) is 39.2. The highest BCUT2D eigenvalue weighted by molar-refractivity contribution is 6.99. The third-order valence-corrected chi connectivity index (χ3v) is 15.7. The van der Waals surface area contributed by atoms with Gasteiger partial charge in [-0.2, -0.15) is 4.98 Å². The fraction of sp³-hybridized carbons (Fsp3) is 0.234. The van der Waals surface area contributed by atoms with Crippen molar-refractivity contribution in [2.45, 2.75) is 43.7 Å². The van der Waals surface area contributed by atoms with Crippen molar-refractivity contribution < 1.29 is 14.3 Å². The first kappa shape index (κ1) is 38.7. The summed E-state index contributed by atoms with van der Waals surface area (Å²) in [6.07, 6.45) is 0.293. The van der Waals surface area contributed by atoms with Crippen LogP contribution in [-0.4, -0.2) is 60.3 Å². The molecule has 0 unspecified atom stereocenters. The van der Waals surface area contributed by atoms with Gasteiger partial charge in [0.1, 0.15) is 12.4 Å². The van der Waals surface area contributed by atoms with Crippen molar-refractivity contribution in [1.82, 2.24) is 14.5 Å². The molecule has 0 saturated carbocycles. The van der Waals surface area contributed by atoms with Gasteiger partial charge in [-0.3, -0.25) is 9.47 Å². The highest BCUT2D eigenvalue weighted by Gasteiger charge is 2.52. The molecule has 1 saturated heterocycles. The van der Waals surface area contributed by atoms with E-state index in [1.807, 2.05) is 30.3 Å². The van der Waals surface area contributed by atoms with Crippen LogP contribution in [0.3, 0.4) is 0 Å². The third kappa shape index (κ3) is 7.38. The summed E-state index contributed by atoms with van der Waals surface area (Å²) >= 11 is 0. The third-order valence-electron chi connectivity index (χ3n) is 10.7. The molecule has 1 aliphatic rings. The van der Waals surface area contributed by atoms with Crippen LogP contribution in [0.4, 0.5) is 5.82 Å². The van der Waals surface area contributed by atoms with E-state index in [9.17, 15) is 9.90 Å². The van der Waals surface area contributed by atoms with Crippen LogP contribution >= 0.6 is 0 Å². The zero-order valence-corrected chi connectivity index (χ0v) is 33.1. The maximum absolute atomic E-state index is 13.8. The Bertz CT molecular complexity index is 2190. The average Bonchev–Trinajstić information content (AvgIpc) is 3.22. The van der Waals surface area contributed by atoms with Crippen molar-refractivity contribution in [3.05, 3.63) is 191 Å². The van der Waals surface area contributed by atoms with Crippen molar-refractivity contribution in [2.75, 3.05) is 32.0 Å². The summed E-state index contributed by atoms with van der Waals surface area (Å²) in [7, 11) is -2.97. The highest BCUT2D eigenvalue weighted by Crippen LogP contribution is 2.45. The molecule has 284 valence electrons. The molecule has 5 aromatic carbocycles. The first-order valence-corrected chi connectivity index (χ1v) is 20.9. The van der Waals surface area contributed by atoms with Crippen molar-refractivity contribution in [3.8, 4) is 11.8 Å². The molecule has 0 spiro atoms. The standard InChI is InChI=1S/C47H48N4O4Si/c1-46(2,3)56(41-27-15-7-16-28-41,42-29-17-8-18-30-42)54-35-40-33-50(34-43(55-40)51-32-36(20-19-31-52)44(48)49-45(51)53)47(37-21-9-4-10-22-37,38-23-11-5-12-24-38)39-25-13-6-14-26-39/h4-18,21-30,32,40,43,52H,31,33-35H2,1-3H3,(H2,48,49,53)/t40-,43+/m0/s1.